The van der Waals surface area contributed by atoms with E-state index in [4.69, 9.17) is 0 Å². The molecule has 2 saturated heterocycles. The van der Waals surface area contributed by atoms with Crippen LogP contribution in [-0.2, 0) is 6.54 Å². The lowest BCUT2D eigenvalue weighted by Crippen LogP contribution is -2.49. The van der Waals surface area contributed by atoms with Crippen LogP contribution in [0.15, 0.2) is 22.7 Å². The van der Waals surface area contributed by atoms with Crippen LogP contribution >= 0.6 is 15.9 Å². The number of piperazine rings is 1. The molecule has 0 aromatic heterocycles. The summed E-state index contributed by atoms with van der Waals surface area (Å²) in [6, 6.07) is 6.21. The number of halogens is 1. The summed E-state index contributed by atoms with van der Waals surface area (Å²) in [5.74, 6) is 0.348. The van der Waals surface area contributed by atoms with E-state index in [9.17, 15) is 5.11 Å². The molecule has 4 nitrogen and oxygen atoms in total. The molecule has 20 heavy (non-hydrogen) atoms. The van der Waals surface area contributed by atoms with Gasteiger partial charge in [0.2, 0.25) is 0 Å². The first-order valence-electron chi connectivity index (χ1n) is 7.37. The zero-order valence-electron chi connectivity index (χ0n) is 11.7. The molecule has 5 heteroatoms. The summed E-state index contributed by atoms with van der Waals surface area (Å²) in [6.45, 7) is 7.79. The highest BCUT2D eigenvalue weighted by Crippen LogP contribution is 2.25. The summed E-state index contributed by atoms with van der Waals surface area (Å²) in [4.78, 5) is 5.11. The van der Waals surface area contributed by atoms with Gasteiger partial charge in [-0.15, -0.1) is 0 Å². The van der Waals surface area contributed by atoms with Gasteiger partial charge in [0.15, 0.2) is 0 Å². The molecule has 0 amide bonds. The third-order valence-electron chi connectivity index (χ3n) is 4.34. The minimum Gasteiger partial charge on any atom is -0.508 e. The van der Waals surface area contributed by atoms with E-state index in [2.05, 4.69) is 31.0 Å². The van der Waals surface area contributed by atoms with E-state index in [0.717, 1.165) is 37.2 Å². The molecule has 2 heterocycles. The summed E-state index contributed by atoms with van der Waals surface area (Å²) >= 11 is 3.57. The highest BCUT2D eigenvalue weighted by atomic mass is 79.9. The van der Waals surface area contributed by atoms with Crippen molar-refractivity contribution in [1.82, 2.24) is 15.1 Å². The second-order valence-electron chi connectivity index (χ2n) is 5.74. The fraction of sp³-hybridized carbons (Fsp3) is 0.600. The van der Waals surface area contributed by atoms with Crippen LogP contribution in [0.2, 0.25) is 0 Å². The third-order valence-corrected chi connectivity index (χ3v) is 5.11. The molecular formula is C15H22BrN3O. The molecule has 1 unspecified atom stereocenters. The van der Waals surface area contributed by atoms with Crippen LogP contribution in [0.3, 0.4) is 0 Å². The van der Waals surface area contributed by atoms with Crippen LogP contribution < -0.4 is 5.32 Å². The van der Waals surface area contributed by atoms with Crippen molar-refractivity contribution in [1.29, 1.82) is 0 Å². The Hall–Kier alpha value is -0.620. The molecule has 0 radical (unpaired) electrons. The maximum absolute atomic E-state index is 9.61. The Bertz CT molecular complexity index is 462. The summed E-state index contributed by atoms with van der Waals surface area (Å²) in [6.07, 6.45) is 1.26. The van der Waals surface area contributed by atoms with E-state index >= 15 is 0 Å². The first-order chi connectivity index (χ1) is 9.72. The molecule has 2 aliphatic rings. The largest absolute Gasteiger partial charge is 0.508 e. The van der Waals surface area contributed by atoms with Gasteiger partial charge in [-0.1, -0.05) is 15.9 Å². The smallest absolute Gasteiger partial charge is 0.115 e. The Morgan fingerprint density at radius 2 is 2.05 bits per heavy atom. The normalized spacial score (nSPS) is 25.1. The van der Waals surface area contributed by atoms with Crippen molar-refractivity contribution in [3.05, 3.63) is 28.2 Å². The summed E-state index contributed by atoms with van der Waals surface area (Å²) in [7, 11) is 0. The van der Waals surface area contributed by atoms with Crippen LogP contribution in [0.1, 0.15) is 12.0 Å². The van der Waals surface area contributed by atoms with Crippen molar-refractivity contribution in [2.75, 3.05) is 39.3 Å². The monoisotopic (exact) mass is 339 g/mol. The highest BCUT2D eigenvalue weighted by molar-refractivity contribution is 9.10. The quantitative estimate of drug-likeness (QED) is 0.878. The highest BCUT2D eigenvalue weighted by Gasteiger charge is 2.28. The maximum Gasteiger partial charge on any atom is 0.115 e. The zero-order chi connectivity index (χ0) is 13.9. The molecule has 2 N–H and O–H groups in total. The van der Waals surface area contributed by atoms with Gasteiger partial charge in [0.1, 0.15) is 5.75 Å². The summed E-state index contributed by atoms with van der Waals surface area (Å²) in [5.41, 5.74) is 1.17. The molecule has 1 atom stereocenters. The van der Waals surface area contributed by atoms with Crippen molar-refractivity contribution in [2.24, 2.45) is 0 Å². The van der Waals surface area contributed by atoms with E-state index in [1.165, 1.54) is 25.1 Å². The molecule has 0 spiro atoms. The van der Waals surface area contributed by atoms with Crippen LogP contribution in [0.25, 0.3) is 0 Å². The van der Waals surface area contributed by atoms with Crippen LogP contribution in [0.5, 0.6) is 5.75 Å². The average Bonchev–Trinajstić information content (AvgIpc) is 2.92. The molecule has 2 aliphatic heterocycles. The minimum absolute atomic E-state index is 0.348. The molecule has 1 aromatic rings. The Balaban J connectivity index is 1.58. The van der Waals surface area contributed by atoms with E-state index in [-0.39, 0.29) is 0 Å². The van der Waals surface area contributed by atoms with Gasteiger partial charge in [-0.05, 0) is 30.2 Å². The van der Waals surface area contributed by atoms with E-state index in [1.54, 1.807) is 6.07 Å². The molecule has 0 saturated carbocycles. The average molecular weight is 340 g/mol. The Kier molecular flexibility index (Phi) is 4.61. The van der Waals surface area contributed by atoms with Gasteiger partial charge in [-0.3, -0.25) is 9.80 Å². The number of likely N-dealkylation sites (tertiary alicyclic amines) is 1. The predicted molar refractivity (Wildman–Crippen MR) is 83.9 cm³/mol. The lowest BCUT2D eigenvalue weighted by Gasteiger charge is -2.32. The van der Waals surface area contributed by atoms with Gasteiger partial charge in [0, 0.05) is 56.3 Å². The van der Waals surface area contributed by atoms with Crippen molar-refractivity contribution >= 4 is 15.9 Å². The van der Waals surface area contributed by atoms with Crippen molar-refractivity contribution in [2.45, 2.75) is 19.0 Å². The molecule has 2 fully saturated rings. The standard InChI is InChI=1S/C15H22BrN3O/c16-15-2-1-14(20)9-12(15)10-18-6-3-13(11-18)19-7-4-17-5-8-19/h1-2,9,13,17,20H,3-8,10-11H2. The second-order valence-corrected chi connectivity index (χ2v) is 6.59. The first kappa shape index (κ1) is 14.3. The van der Waals surface area contributed by atoms with E-state index in [1.807, 2.05) is 12.1 Å². The lowest BCUT2D eigenvalue weighted by atomic mass is 10.2. The van der Waals surface area contributed by atoms with Gasteiger partial charge in [0.25, 0.3) is 0 Å². The second kappa shape index (κ2) is 6.43. The number of nitrogens with zero attached hydrogens (tertiary/aromatic N) is 2. The SMILES string of the molecule is Oc1ccc(Br)c(CN2CCC(N3CCNCC3)C2)c1. The number of benzene rings is 1. The molecule has 0 bridgehead atoms. The van der Waals surface area contributed by atoms with E-state index < -0.39 is 0 Å². The number of nitrogens with one attached hydrogen (secondary N) is 1. The van der Waals surface area contributed by atoms with Crippen LogP contribution in [-0.4, -0.2) is 60.2 Å². The Morgan fingerprint density at radius 3 is 2.85 bits per heavy atom. The predicted octanol–water partition coefficient (Wildman–Crippen LogP) is 1.63. The van der Waals surface area contributed by atoms with Gasteiger partial charge in [-0.2, -0.15) is 0 Å². The summed E-state index contributed by atoms with van der Waals surface area (Å²) < 4.78 is 1.08. The number of rotatable bonds is 3. The lowest BCUT2D eigenvalue weighted by molar-refractivity contribution is 0.170. The Labute approximate surface area is 128 Å². The fourth-order valence-corrected chi connectivity index (χ4v) is 3.60. The number of phenolic OH excluding ortho intramolecular Hbond substituents is 1. The number of hydrogen-bond donors (Lipinski definition) is 2. The Morgan fingerprint density at radius 1 is 1.25 bits per heavy atom. The van der Waals surface area contributed by atoms with Crippen molar-refractivity contribution in [3.63, 3.8) is 0 Å². The van der Waals surface area contributed by atoms with E-state index in [0.29, 0.717) is 11.8 Å². The number of hydrogen-bond acceptors (Lipinski definition) is 4. The zero-order valence-corrected chi connectivity index (χ0v) is 13.3. The molecular weight excluding hydrogens is 318 g/mol. The maximum atomic E-state index is 9.61. The molecule has 1 aromatic carbocycles. The summed E-state index contributed by atoms with van der Waals surface area (Å²) in [5, 5.41) is 13.0. The van der Waals surface area contributed by atoms with Crippen molar-refractivity contribution in [3.8, 4) is 5.75 Å². The van der Waals surface area contributed by atoms with Crippen LogP contribution in [0.4, 0.5) is 0 Å². The first-order valence-corrected chi connectivity index (χ1v) is 8.16. The molecule has 0 aliphatic carbocycles. The number of aromatic hydroxyl groups is 1. The van der Waals surface area contributed by atoms with Gasteiger partial charge in [-0.25, -0.2) is 0 Å². The van der Waals surface area contributed by atoms with Gasteiger partial charge < -0.3 is 10.4 Å². The van der Waals surface area contributed by atoms with Gasteiger partial charge in [0.05, 0.1) is 0 Å². The molecule has 3 rings (SSSR count). The minimum atomic E-state index is 0.348. The third kappa shape index (κ3) is 3.34. The molecule has 110 valence electrons. The van der Waals surface area contributed by atoms with Crippen molar-refractivity contribution < 1.29 is 5.11 Å². The van der Waals surface area contributed by atoms with Crippen LogP contribution in [0, 0.1) is 0 Å². The number of phenols is 1. The van der Waals surface area contributed by atoms with Gasteiger partial charge >= 0.3 is 0 Å². The fourth-order valence-electron chi connectivity index (χ4n) is 3.22. The topological polar surface area (TPSA) is 38.7 Å².